The van der Waals surface area contributed by atoms with Crippen LogP contribution in [0.5, 0.6) is 0 Å². The Labute approximate surface area is 122 Å². The van der Waals surface area contributed by atoms with Gasteiger partial charge in [0.15, 0.2) is 0 Å². The maximum atomic E-state index is 11.0. The summed E-state index contributed by atoms with van der Waals surface area (Å²) in [4.78, 5) is 10.5. The van der Waals surface area contributed by atoms with Gasteiger partial charge in [0.25, 0.3) is 5.69 Å². The van der Waals surface area contributed by atoms with Gasteiger partial charge in [-0.1, -0.05) is 13.3 Å². The number of benzene rings is 1. The molecule has 0 saturated heterocycles. The molecule has 1 heterocycles. The van der Waals surface area contributed by atoms with Crippen LogP contribution in [0.4, 0.5) is 5.69 Å². The van der Waals surface area contributed by atoms with Crippen molar-refractivity contribution < 1.29 is 10.0 Å². The highest BCUT2D eigenvalue weighted by Crippen LogP contribution is 2.30. The van der Waals surface area contributed by atoms with Crippen LogP contribution in [0.2, 0.25) is 0 Å². The third kappa shape index (κ3) is 2.73. The Morgan fingerprint density at radius 2 is 2.24 bits per heavy atom. The van der Waals surface area contributed by atoms with E-state index >= 15 is 0 Å². The van der Waals surface area contributed by atoms with Crippen LogP contribution in [0.15, 0.2) is 18.2 Å². The molecule has 1 aromatic heterocycles. The van der Waals surface area contributed by atoms with Crippen molar-refractivity contribution in [3.05, 3.63) is 39.6 Å². The van der Waals surface area contributed by atoms with Crippen LogP contribution in [0.25, 0.3) is 10.9 Å². The first-order chi connectivity index (χ1) is 10.1. The summed E-state index contributed by atoms with van der Waals surface area (Å²) in [5.74, 6) is 0. The number of aryl methyl sites for hydroxylation is 1. The van der Waals surface area contributed by atoms with Gasteiger partial charge < -0.3 is 9.67 Å². The van der Waals surface area contributed by atoms with E-state index in [-0.39, 0.29) is 17.9 Å². The van der Waals surface area contributed by atoms with E-state index in [1.165, 1.54) is 6.07 Å². The largest absolute Gasteiger partial charge is 0.395 e. The highest BCUT2D eigenvalue weighted by Gasteiger charge is 2.20. The maximum Gasteiger partial charge on any atom is 0.287 e. The molecule has 21 heavy (non-hydrogen) atoms. The Bertz CT molecular complexity index is 713. The number of aliphatic hydroxyl groups excluding tert-OH is 1. The Morgan fingerprint density at radius 1 is 1.48 bits per heavy atom. The van der Waals surface area contributed by atoms with Crippen LogP contribution >= 0.6 is 0 Å². The van der Waals surface area contributed by atoms with Crippen molar-refractivity contribution in [2.24, 2.45) is 0 Å². The Morgan fingerprint density at radius 3 is 2.81 bits per heavy atom. The van der Waals surface area contributed by atoms with Gasteiger partial charge in [-0.2, -0.15) is 5.26 Å². The molecule has 0 radical (unpaired) electrons. The van der Waals surface area contributed by atoms with Gasteiger partial charge in [0.1, 0.15) is 11.6 Å². The van der Waals surface area contributed by atoms with Gasteiger partial charge in [-0.25, -0.2) is 0 Å². The summed E-state index contributed by atoms with van der Waals surface area (Å²) in [5.41, 5.74) is 1.68. The molecule has 0 unspecified atom stereocenters. The van der Waals surface area contributed by atoms with Crippen molar-refractivity contribution in [3.63, 3.8) is 0 Å². The second-order valence-corrected chi connectivity index (χ2v) is 4.88. The molecule has 6 heteroatoms. The topological polar surface area (TPSA) is 92.1 Å². The molecular formula is C15H17N3O3. The summed E-state index contributed by atoms with van der Waals surface area (Å²) in [6.07, 6.45) is 2.85. The number of aliphatic hydroxyl groups is 1. The third-order valence-electron chi connectivity index (χ3n) is 3.57. The van der Waals surface area contributed by atoms with Crippen LogP contribution in [-0.4, -0.2) is 21.2 Å². The van der Waals surface area contributed by atoms with Crippen LogP contribution in [-0.2, 0) is 13.0 Å². The van der Waals surface area contributed by atoms with E-state index in [1.807, 2.05) is 16.7 Å². The van der Waals surface area contributed by atoms with Crippen LogP contribution in [0.3, 0.4) is 0 Å². The normalized spacial score (nSPS) is 10.7. The number of nitrogens with zero attached hydrogens (tertiary/aromatic N) is 3. The van der Waals surface area contributed by atoms with Gasteiger partial charge >= 0.3 is 0 Å². The zero-order chi connectivity index (χ0) is 15.4. The summed E-state index contributed by atoms with van der Waals surface area (Å²) in [6, 6.07) is 6.79. The molecule has 110 valence electrons. The van der Waals surface area contributed by atoms with E-state index in [9.17, 15) is 20.5 Å². The van der Waals surface area contributed by atoms with Gasteiger partial charge in [0.05, 0.1) is 17.0 Å². The predicted octanol–water partition coefficient (Wildman–Crippen LogP) is 2.76. The Hall–Kier alpha value is -2.39. The molecular weight excluding hydrogens is 270 g/mol. The second-order valence-electron chi connectivity index (χ2n) is 4.88. The molecule has 0 bridgehead atoms. The fourth-order valence-corrected chi connectivity index (χ4v) is 2.58. The van der Waals surface area contributed by atoms with Gasteiger partial charge in [-0.05, 0) is 25.0 Å². The van der Waals surface area contributed by atoms with Crippen molar-refractivity contribution in [1.29, 1.82) is 5.26 Å². The number of hydrogen-bond donors (Lipinski definition) is 1. The SMILES string of the molecule is CCCCc1cc2c(C#N)c([N+](=O)[O-])ccc2n1CCO. The number of unbranched alkanes of at least 4 members (excludes halogenated alkanes) is 1. The van der Waals surface area contributed by atoms with Crippen molar-refractivity contribution >= 4 is 16.6 Å². The molecule has 0 spiro atoms. The van der Waals surface area contributed by atoms with Crippen LogP contribution < -0.4 is 0 Å². The van der Waals surface area contributed by atoms with Gasteiger partial charge in [-0.3, -0.25) is 10.1 Å². The first-order valence-corrected chi connectivity index (χ1v) is 6.94. The number of rotatable bonds is 6. The molecule has 0 saturated carbocycles. The smallest absolute Gasteiger partial charge is 0.287 e. The Kier molecular flexibility index (Phi) is 4.55. The lowest BCUT2D eigenvalue weighted by Gasteiger charge is -2.08. The summed E-state index contributed by atoms with van der Waals surface area (Å²) >= 11 is 0. The molecule has 0 atom stereocenters. The zero-order valence-corrected chi connectivity index (χ0v) is 11.9. The lowest BCUT2D eigenvalue weighted by atomic mass is 10.1. The summed E-state index contributed by atoms with van der Waals surface area (Å²) in [6.45, 7) is 2.50. The molecule has 0 aliphatic heterocycles. The van der Waals surface area contributed by atoms with Crippen molar-refractivity contribution in [3.8, 4) is 6.07 Å². The molecule has 2 rings (SSSR count). The minimum Gasteiger partial charge on any atom is -0.395 e. The van der Waals surface area contributed by atoms with Crippen molar-refractivity contribution in [2.75, 3.05) is 6.61 Å². The molecule has 1 aromatic carbocycles. The molecule has 0 aliphatic carbocycles. The molecule has 2 aromatic rings. The fraction of sp³-hybridized carbons (Fsp3) is 0.400. The quantitative estimate of drug-likeness (QED) is 0.653. The standard InChI is InChI=1S/C15H17N3O3/c1-2-3-4-11-9-12-13(10-16)15(18(20)21)6-5-14(12)17(11)7-8-19/h5-6,9,19H,2-4,7-8H2,1H3. The highest BCUT2D eigenvalue weighted by atomic mass is 16.6. The van der Waals surface area contributed by atoms with E-state index in [0.717, 1.165) is 30.5 Å². The summed E-state index contributed by atoms with van der Waals surface area (Å²) in [5, 5.41) is 30.1. The van der Waals surface area contributed by atoms with Gasteiger partial charge in [0, 0.05) is 23.7 Å². The number of nitro groups is 1. The third-order valence-corrected chi connectivity index (χ3v) is 3.57. The molecule has 6 nitrogen and oxygen atoms in total. The van der Waals surface area contributed by atoms with Crippen LogP contribution in [0, 0.1) is 21.4 Å². The fourth-order valence-electron chi connectivity index (χ4n) is 2.58. The summed E-state index contributed by atoms with van der Waals surface area (Å²) in [7, 11) is 0. The van der Waals surface area contributed by atoms with Crippen LogP contribution in [0.1, 0.15) is 31.0 Å². The lowest BCUT2D eigenvalue weighted by Crippen LogP contribution is -2.06. The second kappa shape index (κ2) is 6.37. The zero-order valence-electron chi connectivity index (χ0n) is 11.9. The van der Waals surface area contributed by atoms with E-state index in [0.29, 0.717) is 11.9 Å². The number of fused-ring (bicyclic) bond motifs is 1. The number of nitro benzene ring substituents is 1. The van der Waals surface area contributed by atoms with Gasteiger partial charge in [-0.15, -0.1) is 0 Å². The first kappa shape index (κ1) is 15.0. The van der Waals surface area contributed by atoms with Gasteiger partial charge in [0.2, 0.25) is 0 Å². The maximum absolute atomic E-state index is 11.0. The van der Waals surface area contributed by atoms with E-state index < -0.39 is 4.92 Å². The molecule has 0 aliphatic rings. The lowest BCUT2D eigenvalue weighted by molar-refractivity contribution is -0.385. The molecule has 0 fully saturated rings. The van der Waals surface area contributed by atoms with E-state index in [1.54, 1.807) is 6.07 Å². The number of nitriles is 1. The van der Waals surface area contributed by atoms with Crippen molar-refractivity contribution in [1.82, 2.24) is 4.57 Å². The predicted molar refractivity (Wildman–Crippen MR) is 79.0 cm³/mol. The first-order valence-electron chi connectivity index (χ1n) is 6.94. The van der Waals surface area contributed by atoms with E-state index in [4.69, 9.17) is 0 Å². The van der Waals surface area contributed by atoms with E-state index in [2.05, 4.69) is 6.92 Å². The highest BCUT2D eigenvalue weighted by molar-refractivity contribution is 5.90. The minimum absolute atomic E-state index is 0.0121. The average molecular weight is 287 g/mol. The number of aromatic nitrogens is 1. The number of hydrogen-bond acceptors (Lipinski definition) is 4. The monoisotopic (exact) mass is 287 g/mol. The Balaban J connectivity index is 2.68. The molecule has 1 N–H and O–H groups in total. The van der Waals surface area contributed by atoms with Crippen molar-refractivity contribution in [2.45, 2.75) is 32.7 Å². The summed E-state index contributed by atoms with van der Waals surface area (Å²) < 4.78 is 1.94. The molecule has 0 amide bonds. The minimum atomic E-state index is -0.535. The average Bonchev–Trinajstić information content (AvgIpc) is 2.82.